The maximum atomic E-state index is 12.0. The number of hydrogen-bond donors (Lipinski definition) is 2. The number of halogens is 1. The molecule has 0 aromatic carbocycles. The molecule has 0 radical (unpaired) electrons. The fraction of sp³-hybridized carbons (Fsp3) is 0.500. The minimum Gasteiger partial charge on any atom is -0.383 e. The van der Waals surface area contributed by atoms with Gasteiger partial charge < -0.3 is 15.4 Å². The van der Waals surface area contributed by atoms with Crippen LogP contribution in [0.3, 0.4) is 0 Å². The van der Waals surface area contributed by atoms with Crippen molar-refractivity contribution in [1.82, 2.24) is 15.6 Å². The van der Waals surface area contributed by atoms with Gasteiger partial charge in [0, 0.05) is 37.9 Å². The summed E-state index contributed by atoms with van der Waals surface area (Å²) in [6.45, 7) is 3.13. The van der Waals surface area contributed by atoms with E-state index in [2.05, 4.69) is 15.6 Å². The van der Waals surface area contributed by atoms with E-state index in [0.717, 1.165) is 5.69 Å². The van der Waals surface area contributed by atoms with Crippen molar-refractivity contribution in [2.75, 3.05) is 26.8 Å². The Labute approximate surface area is 129 Å². The first kappa shape index (κ1) is 17.4. The van der Waals surface area contributed by atoms with E-state index < -0.39 is 0 Å². The number of rotatable bonds is 8. The highest BCUT2D eigenvalue weighted by Crippen LogP contribution is 2.11. The molecule has 0 aliphatic carbocycles. The SMILES string of the molecule is CCc1cc(C(=O)NCCC(=O)NCCOC)cc(Cl)n1. The molecule has 0 spiro atoms. The molecule has 1 aromatic rings. The smallest absolute Gasteiger partial charge is 0.251 e. The van der Waals surface area contributed by atoms with E-state index in [-0.39, 0.29) is 29.9 Å². The lowest BCUT2D eigenvalue weighted by molar-refractivity contribution is -0.121. The quantitative estimate of drug-likeness (QED) is 0.558. The van der Waals surface area contributed by atoms with Gasteiger partial charge in [-0.2, -0.15) is 0 Å². The first-order chi connectivity index (χ1) is 10.1. The van der Waals surface area contributed by atoms with Crippen molar-refractivity contribution in [3.8, 4) is 0 Å². The summed E-state index contributed by atoms with van der Waals surface area (Å²) in [5.74, 6) is -0.395. The van der Waals surface area contributed by atoms with Gasteiger partial charge in [0.1, 0.15) is 5.15 Å². The fourth-order valence-corrected chi connectivity index (χ4v) is 1.86. The van der Waals surface area contributed by atoms with Crippen LogP contribution in [0.2, 0.25) is 5.15 Å². The molecule has 2 amide bonds. The Hall–Kier alpha value is -1.66. The Balaban J connectivity index is 2.40. The molecule has 1 aromatic heterocycles. The van der Waals surface area contributed by atoms with Gasteiger partial charge in [0.2, 0.25) is 5.91 Å². The van der Waals surface area contributed by atoms with Crippen molar-refractivity contribution in [3.05, 3.63) is 28.5 Å². The number of nitrogens with one attached hydrogen (secondary N) is 2. The molecular weight excluding hydrogens is 294 g/mol. The van der Waals surface area contributed by atoms with E-state index in [0.29, 0.717) is 25.1 Å². The number of amides is 2. The lowest BCUT2D eigenvalue weighted by Gasteiger charge is -2.07. The number of nitrogens with zero attached hydrogens (tertiary/aromatic N) is 1. The second-order valence-electron chi connectivity index (χ2n) is 4.37. The molecule has 21 heavy (non-hydrogen) atoms. The topological polar surface area (TPSA) is 80.3 Å². The highest BCUT2D eigenvalue weighted by molar-refractivity contribution is 6.29. The van der Waals surface area contributed by atoms with Crippen molar-refractivity contribution in [3.63, 3.8) is 0 Å². The van der Waals surface area contributed by atoms with Crippen LogP contribution in [-0.2, 0) is 16.0 Å². The van der Waals surface area contributed by atoms with E-state index in [1.807, 2.05) is 6.92 Å². The van der Waals surface area contributed by atoms with Gasteiger partial charge in [-0.1, -0.05) is 18.5 Å². The molecule has 2 N–H and O–H groups in total. The van der Waals surface area contributed by atoms with Crippen molar-refractivity contribution in [1.29, 1.82) is 0 Å². The number of aryl methyl sites for hydroxylation is 1. The third-order valence-corrected chi connectivity index (χ3v) is 2.93. The zero-order valence-corrected chi connectivity index (χ0v) is 13.0. The average Bonchev–Trinajstić information content (AvgIpc) is 2.46. The molecule has 0 bridgehead atoms. The van der Waals surface area contributed by atoms with Crippen LogP contribution in [0.4, 0.5) is 0 Å². The van der Waals surface area contributed by atoms with Gasteiger partial charge in [-0.15, -0.1) is 0 Å². The summed E-state index contributed by atoms with van der Waals surface area (Å²) in [6.07, 6.45) is 0.914. The van der Waals surface area contributed by atoms with E-state index in [9.17, 15) is 9.59 Å². The van der Waals surface area contributed by atoms with Crippen molar-refractivity contribution >= 4 is 23.4 Å². The van der Waals surface area contributed by atoms with E-state index in [1.165, 1.54) is 6.07 Å². The maximum Gasteiger partial charge on any atom is 0.251 e. The van der Waals surface area contributed by atoms with Gasteiger partial charge in [0.25, 0.3) is 5.91 Å². The highest BCUT2D eigenvalue weighted by Gasteiger charge is 2.09. The predicted molar refractivity (Wildman–Crippen MR) is 80.5 cm³/mol. The van der Waals surface area contributed by atoms with Crippen molar-refractivity contribution in [2.45, 2.75) is 19.8 Å². The van der Waals surface area contributed by atoms with Crippen molar-refractivity contribution < 1.29 is 14.3 Å². The number of carbonyl (C=O) groups excluding carboxylic acids is 2. The third-order valence-electron chi connectivity index (χ3n) is 2.74. The Morgan fingerprint density at radius 3 is 2.71 bits per heavy atom. The standard InChI is InChI=1S/C14H20ClN3O3/c1-3-11-8-10(9-12(15)18-11)14(20)17-5-4-13(19)16-6-7-21-2/h8-9H,3-7H2,1-2H3,(H,16,19)(H,17,20). The third kappa shape index (κ3) is 6.55. The molecule has 0 fully saturated rings. The molecule has 1 rings (SSSR count). The lowest BCUT2D eigenvalue weighted by Crippen LogP contribution is -2.32. The Bertz CT molecular complexity index is 494. The van der Waals surface area contributed by atoms with Crippen LogP contribution in [0.15, 0.2) is 12.1 Å². The predicted octanol–water partition coefficient (Wildman–Crippen LogP) is 1.18. The Kier molecular flexibility index (Phi) is 7.71. The lowest BCUT2D eigenvalue weighted by atomic mass is 10.2. The van der Waals surface area contributed by atoms with Gasteiger partial charge in [-0.05, 0) is 18.6 Å². The summed E-state index contributed by atoms with van der Waals surface area (Å²) >= 11 is 5.86. The molecule has 0 atom stereocenters. The maximum absolute atomic E-state index is 12.0. The monoisotopic (exact) mass is 313 g/mol. The molecule has 116 valence electrons. The summed E-state index contributed by atoms with van der Waals surface area (Å²) in [5, 5.41) is 5.65. The minimum absolute atomic E-state index is 0.130. The molecule has 0 aliphatic heterocycles. The fourth-order valence-electron chi connectivity index (χ4n) is 1.64. The van der Waals surface area contributed by atoms with Gasteiger partial charge in [-0.25, -0.2) is 4.98 Å². The van der Waals surface area contributed by atoms with Crippen LogP contribution in [0.5, 0.6) is 0 Å². The molecule has 0 saturated carbocycles. The highest BCUT2D eigenvalue weighted by atomic mass is 35.5. The molecule has 6 nitrogen and oxygen atoms in total. The first-order valence-electron chi connectivity index (χ1n) is 6.77. The molecule has 0 unspecified atom stereocenters. The van der Waals surface area contributed by atoms with Gasteiger partial charge in [0.15, 0.2) is 0 Å². The van der Waals surface area contributed by atoms with Crippen LogP contribution in [0.1, 0.15) is 29.4 Å². The minimum atomic E-state index is -0.265. The van der Waals surface area contributed by atoms with Crippen LogP contribution in [0, 0.1) is 0 Å². The van der Waals surface area contributed by atoms with Gasteiger partial charge in [-0.3, -0.25) is 9.59 Å². The molecule has 0 saturated heterocycles. The van der Waals surface area contributed by atoms with Crippen LogP contribution in [-0.4, -0.2) is 43.6 Å². The normalized spacial score (nSPS) is 10.2. The van der Waals surface area contributed by atoms with E-state index in [4.69, 9.17) is 16.3 Å². The Morgan fingerprint density at radius 1 is 1.29 bits per heavy atom. The first-order valence-corrected chi connectivity index (χ1v) is 7.15. The average molecular weight is 314 g/mol. The number of hydrogen-bond acceptors (Lipinski definition) is 4. The largest absolute Gasteiger partial charge is 0.383 e. The number of aromatic nitrogens is 1. The van der Waals surface area contributed by atoms with Crippen LogP contribution < -0.4 is 10.6 Å². The second-order valence-corrected chi connectivity index (χ2v) is 4.76. The van der Waals surface area contributed by atoms with E-state index >= 15 is 0 Å². The molecule has 0 aliphatic rings. The second kappa shape index (κ2) is 9.31. The number of pyridine rings is 1. The summed E-state index contributed by atoms with van der Waals surface area (Å²) in [4.78, 5) is 27.5. The number of carbonyl (C=O) groups is 2. The molecular formula is C14H20ClN3O3. The molecule has 1 heterocycles. The van der Waals surface area contributed by atoms with Crippen LogP contribution in [0.25, 0.3) is 0 Å². The summed E-state index contributed by atoms with van der Waals surface area (Å²) < 4.78 is 4.82. The zero-order valence-electron chi connectivity index (χ0n) is 12.2. The van der Waals surface area contributed by atoms with Crippen LogP contribution >= 0.6 is 11.6 Å². The molecule has 7 heteroatoms. The van der Waals surface area contributed by atoms with Gasteiger partial charge >= 0.3 is 0 Å². The Morgan fingerprint density at radius 2 is 2.05 bits per heavy atom. The number of ether oxygens (including phenoxy) is 1. The number of methoxy groups -OCH3 is 1. The zero-order chi connectivity index (χ0) is 15.7. The van der Waals surface area contributed by atoms with E-state index in [1.54, 1.807) is 13.2 Å². The van der Waals surface area contributed by atoms with Gasteiger partial charge in [0.05, 0.1) is 6.61 Å². The summed E-state index contributed by atoms with van der Waals surface area (Å²) in [6, 6.07) is 3.20. The summed E-state index contributed by atoms with van der Waals surface area (Å²) in [5.41, 5.74) is 1.21. The van der Waals surface area contributed by atoms with Crippen molar-refractivity contribution in [2.24, 2.45) is 0 Å². The summed E-state index contributed by atoms with van der Waals surface area (Å²) in [7, 11) is 1.57.